The average molecular weight is 610 g/mol. The van der Waals surface area contributed by atoms with Crippen LogP contribution in [-0.4, -0.2) is 58.0 Å². The van der Waals surface area contributed by atoms with Crippen molar-refractivity contribution < 1.29 is 27.5 Å². The summed E-state index contributed by atoms with van der Waals surface area (Å²) >= 11 is 0. The molecule has 0 aliphatic carbocycles. The van der Waals surface area contributed by atoms with Gasteiger partial charge in [-0.15, -0.1) is 0 Å². The molecule has 1 N–H and O–H groups in total. The number of carbonyl (C=O) groups is 2. The van der Waals surface area contributed by atoms with Crippen LogP contribution in [0.2, 0.25) is 0 Å². The molecule has 0 fully saturated rings. The maximum atomic E-state index is 14.2. The fourth-order valence-corrected chi connectivity index (χ4v) is 6.02. The molecule has 9 nitrogen and oxygen atoms in total. The summed E-state index contributed by atoms with van der Waals surface area (Å²) < 4.78 is 40.1. The number of benzene rings is 3. The van der Waals surface area contributed by atoms with Crippen LogP contribution in [0.15, 0.2) is 71.6 Å². The number of rotatable bonds is 14. The lowest BCUT2D eigenvalue weighted by atomic mass is 10.1. The topological polar surface area (TPSA) is 105 Å². The Hall–Kier alpha value is -4.05. The van der Waals surface area contributed by atoms with Gasteiger partial charge in [-0.2, -0.15) is 0 Å². The maximum absolute atomic E-state index is 14.2. The van der Waals surface area contributed by atoms with Gasteiger partial charge in [0.2, 0.25) is 11.8 Å². The van der Waals surface area contributed by atoms with Crippen LogP contribution < -0.4 is 19.1 Å². The summed E-state index contributed by atoms with van der Waals surface area (Å²) in [6.07, 6.45) is 1.09. The summed E-state index contributed by atoms with van der Waals surface area (Å²) in [6, 6.07) is 18.0. The highest BCUT2D eigenvalue weighted by molar-refractivity contribution is 7.92. The van der Waals surface area contributed by atoms with E-state index in [9.17, 15) is 18.0 Å². The highest BCUT2D eigenvalue weighted by Crippen LogP contribution is 2.32. The minimum absolute atomic E-state index is 0.0647. The number of amides is 2. The molecule has 0 aliphatic heterocycles. The number of hydrogen-bond donors (Lipinski definition) is 1. The van der Waals surface area contributed by atoms with Crippen LogP contribution >= 0.6 is 0 Å². The molecule has 0 spiro atoms. The molecule has 2 amide bonds. The molecule has 0 aliphatic rings. The number of aryl methyl sites for hydroxylation is 2. The van der Waals surface area contributed by atoms with E-state index >= 15 is 0 Å². The van der Waals surface area contributed by atoms with Gasteiger partial charge < -0.3 is 19.7 Å². The minimum Gasteiger partial charge on any atom is -0.493 e. The molecule has 3 rings (SSSR count). The Morgan fingerprint density at radius 1 is 0.837 bits per heavy atom. The van der Waals surface area contributed by atoms with Gasteiger partial charge in [-0.3, -0.25) is 13.9 Å². The van der Waals surface area contributed by atoms with Gasteiger partial charge in [-0.05, 0) is 63.4 Å². The van der Waals surface area contributed by atoms with Gasteiger partial charge in [-0.1, -0.05) is 61.4 Å². The molecule has 0 saturated carbocycles. The molecule has 43 heavy (non-hydrogen) atoms. The Labute approximate surface area is 255 Å². The van der Waals surface area contributed by atoms with Crippen molar-refractivity contribution in [1.29, 1.82) is 0 Å². The summed E-state index contributed by atoms with van der Waals surface area (Å²) in [6.45, 7) is 9.22. The fourth-order valence-electron chi connectivity index (χ4n) is 4.59. The normalized spacial score (nSPS) is 12.6. The zero-order valence-corrected chi connectivity index (χ0v) is 26.9. The van der Waals surface area contributed by atoms with Crippen molar-refractivity contribution in [1.82, 2.24) is 10.2 Å². The molecule has 0 saturated heterocycles. The van der Waals surface area contributed by atoms with E-state index in [1.807, 2.05) is 58.9 Å². The number of sulfonamides is 1. The summed E-state index contributed by atoms with van der Waals surface area (Å²) in [5.74, 6) is -0.160. The minimum atomic E-state index is -4.26. The third-order valence-corrected chi connectivity index (χ3v) is 9.17. The Morgan fingerprint density at radius 3 is 1.95 bits per heavy atom. The zero-order chi connectivity index (χ0) is 31.7. The van der Waals surface area contributed by atoms with Crippen LogP contribution in [0.25, 0.3) is 0 Å². The molecular weight excluding hydrogens is 566 g/mol. The van der Waals surface area contributed by atoms with Crippen LogP contribution in [0.3, 0.4) is 0 Å². The second kappa shape index (κ2) is 14.9. The Bertz CT molecular complexity index is 1490. The lowest BCUT2D eigenvalue weighted by Gasteiger charge is -2.33. The Kier molecular flexibility index (Phi) is 11.6. The van der Waals surface area contributed by atoms with Gasteiger partial charge in [0.25, 0.3) is 10.0 Å². The number of nitrogens with zero attached hydrogens (tertiary/aromatic N) is 2. The first-order chi connectivity index (χ1) is 20.4. The first-order valence-electron chi connectivity index (χ1n) is 14.4. The highest BCUT2D eigenvalue weighted by atomic mass is 32.2. The van der Waals surface area contributed by atoms with Crippen LogP contribution in [0.5, 0.6) is 11.5 Å². The van der Waals surface area contributed by atoms with E-state index in [-0.39, 0.29) is 29.1 Å². The van der Waals surface area contributed by atoms with Crippen molar-refractivity contribution in [2.24, 2.45) is 0 Å². The van der Waals surface area contributed by atoms with E-state index < -0.39 is 28.5 Å². The molecule has 0 aromatic heterocycles. The third-order valence-electron chi connectivity index (χ3n) is 7.40. The van der Waals surface area contributed by atoms with Crippen molar-refractivity contribution in [3.63, 3.8) is 0 Å². The molecule has 0 unspecified atom stereocenters. The van der Waals surface area contributed by atoms with Crippen LogP contribution in [-0.2, 0) is 26.2 Å². The number of nitrogens with one attached hydrogen (secondary N) is 1. The zero-order valence-electron chi connectivity index (χ0n) is 26.1. The third kappa shape index (κ3) is 8.28. The highest BCUT2D eigenvalue weighted by Gasteiger charge is 2.34. The number of anilines is 1. The monoisotopic (exact) mass is 609 g/mol. The van der Waals surface area contributed by atoms with Gasteiger partial charge in [0, 0.05) is 18.7 Å². The first kappa shape index (κ1) is 33.5. The van der Waals surface area contributed by atoms with Crippen molar-refractivity contribution in [3.05, 3.63) is 83.4 Å². The average Bonchev–Trinajstić information content (AvgIpc) is 3.00. The summed E-state index contributed by atoms with van der Waals surface area (Å²) in [5.41, 5.74) is 3.15. The van der Waals surface area contributed by atoms with Gasteiger partial charge in [0.15, 0.2) is 11.5 Å². The predicted molar refractivity (Wildman–Crippen MR) is 169 cm³/mol. The molecule has 2 atom stereocenters. The predicted octanol–water partition coefficient (Wildman–Crippen LogP) is 5.24. The standard InChI is InChI=1S/C33H43N3O6S/c1-8-25(5)34-33(38)29(9-2)35(21-26-14-10-23(3)11-15-26)32(37)22-36(27-16-12-24(4)13-17-27)43(39,40)28-18-19-30(41-6)31(20-28)42-7/h10-20,25,29H,8-9,21-22H2,1-7H3,(H,34,38)/t25-,29+/m1/s1. The van der Waals surface area contributed by atoms with E-state index in [4.69, 9.17) is 9.47 Å². The van der Waals surface area contributed by atoms with Crippen molar-refractivity contribution in [3.8, 4) is 11.5 Å². The molecule has 0 bridgehead atoms. The first-order valence-corrected chi connectivity index (χ1v) is 15.9. The van der Waals surface area contributed by atoms with E-state index in [0.29, 0.717) is 17.9 Å². The van der Waals surface area contributed by atoms with Gasteiger partial charge in [0.1, 0.15) is 12.6 Å². The van der Waals surface area contributed by atoms with Crippen LogP contribution in [0.4, 0.5) is 5.69 Å². The second-order valence-electron chi connectivity index (χ2n) is 10.6. The van der Waals surface area contributed by atoms with E-state index in [2.05, 4.69) is 5.32 Å². The molecule has 0 heterocycles. The van der Waals surface area contributed by atoms with Crippen molar-refractivity contribution in [2.75, 3.05) is 25.1 Å². The van der Waals surface area contributed by atoms with Crippen molar-refractivity contribution in [2.45, 2.75) is 71.0 Å². The van der Waals surface area contributed by atoms with E-state index in [0.717, 1.165) is 27.4 Å². The molecule has 3 aromatic carbocycles. The van der Waals surface area contributed by atoms with Crippen molar-refractivity contribution >= 4 is 27.5 Å². The molecule has 10 heteroatoms. The number of hydrogen-bond acceptors (Lipinski definition) is 6. The Morgan fingerprint density at radius 2 is 1.42 bits per heavy atom. The maximum Gasteiger partial charge on any atom is 0.264 e. The smallest absolute Gasteiger partial charge is 0.264 e. The molecule has 0 radical (unpaired) electrons. The quantitative estimate of drug-likeness (QED) is 0.268. The Balaban J connectivity index is 2.09. The number of carbonyl (C=O) groups excluding carboxylic acids is 2. The van der Waals surface area contributed by atoms with E-state index in [1.54, 1.807) is 24.3 Å². The number of ether oxygens (including phenoxy) is 2. The van der Waals surface area contributed by atoms with Crippen LogP contribution in [0.1, 0.15) is 50.3 Å². The summed E-state index contributed by atoms with van der Waals surface area (Å²) in [4.78, 5) is 29.1. The van der Waals surface area contributed by atoms with Gasteiger partial charge >= 0.3 is 0 Å². The summed E-state index contributed by atoms with van der Waals surface area (Å²) in [7, 11) is -1.37. The van der Waals surface area contributed by atoms with E-state index in [1.165, 1.54) is 37.3 Å². The lowest BCUT2D eigenvalue weighted by Crippen LogP contribution is -2.53. The van der Waals surface area contributed by atoms with Crippen LogP contribution in [0, 0.1) is 13.8 Å². The molecule has 232 valence electrons. The lowest BCUT2D eigenvalue weighted by molar-refractivity contribution is -0.140. The SMILES string of the molecule is CC[C@@H](C)NC(=O)[C@H](CC)N(Cc1ccc(C)cc1)C(=O)CN(c1ccc(C)cc1)S(=O)(=O)c1ccc(OC)c(OC)c1. The fraction of sp³-hybridized carbons (Fsp3) is 0.394. The summed E-state index contributed by atoms with van der Waals surface area (Å²) in [5, 5.41) is 2.99. The molecule has 3 aromatic rings. The largest absolute Gasteiger partial charge is 0.493 e. The molecular formula is C33H43N3O6S. The van der Waals surface area contributed by atoms with Gasteiger partial charge in [-0.25, -0.2) is 8.42 Å². The van der Waals surface area contributed by atoms with Gasteiger partial charge in [0.05, 0.1) is 24.8 Å². The number of methoxy groups -OCH3 is 2. The second-order valence-corrected chi connectivity index (χ2v) is 12.5.